The summed E-state index contributed by atoms with van der Waals surface area (Å²) in [6.07, 6.45) is 4.40. The van der Waals surface area contributed by atoms with Gasteiger partial charge in [-0.25, -0.2) is 0 Å². The van der Waals surface area contributed by atoms with E-state index >= 15 is 0 Å². The molecule has 0 heterocycles. The number of ether oxygens (including phenoxy) is 1. The number of nitrogens with zero attached hydrogens (tertiary/aromatic N) is 1. The number of benzene rings is 2. The number of carboxylic acids is 1. The number of fused-ring (bicyclic) bond motifs is 1. The normalized spacial score (nSPS) is 21.0. The molecule has 0 radical (unpaired) electrons. The van der Waals surface area contributed by atoms with Crippen LogP contribution < -0.4 is 10.1 Å². The topological polar surface area (TPSA) is 78.9 Å². The third-order valence-electron chi connectivity index (χ3n) is 6.05. The molecule has 6 heteroatoms. The van der Waals surface area contributed by atoms with Gasteiger partial charge in [0.1, 0.15) is 5.75 Å². The Morgan fingerprint density at radius 2 is 2.00 bits per heavy atom. The quantitative estimate of drug-likeness (QED) is 0.681. The lowest BCUT2D eigenvalue weighted by Gasteiger charge is -2.42. The summed E-state index contributed by atoms with van der Waals surface area (Å²) in [6.45, 7) is 0.967. The Balaban J connectivity index is 1.33. The van der Waals surface area contributed by atoms with Crippen LogP contribution in [-0.2, 0) is 16.0 Å². The van der Waals surface area contributed by atoms with Gasteiger partial charge in [-0.2, -0.15) is 0 Å². The molecule has 0 unspecified atom stereocenters. The Morgan fingerprint density at radius 1 is 1.21 bits per heavy atom. The summed E-state index contributed by atoms with van der Waals surface area (Å²) in [7, 11) is 1.64. The molecule has 2 aliphatic carbocycles. The Bertz CT molecular complexity index is 903. The van der Waals surface area contributed by atoms with Crippen LogP contribution in [0, 0.1) is 5.92 Å². The Labute approximate surface area is 170 Å². The van der Waals surface area contributed by atoms with E-state index in [1.165, 1.54) is 12.8 Å². The largest absolute Gasteiger partial charge is 0.497 e. The number of carbonyl (C=O) groups is 2. The SMILES string of the molecule is COc1ccc2cccc(CC(=O)NC3CC(N(CC(=O)O)CC4CC4)C3)c2c1. The van der Waals surface area contributed by atoms with E-state index in [1.807, 2.05) is 36.4 Å². The van der Waals surface area contributed by atoms with Crippen LogP contribution >= 0.6 is 0 Å². The molecule has 4 rings (SSSR count). The zero-order valence-corrected chi connectivity index (χ0v) is 16.8. The molecule has 154 valence electrons. The molecular formula is C23H28N2O4. The molecule has 2 saturated carbocycles. The van der Waals surface area contributed by atoms with Gasteiger partial charge in [-0.1, -0.05) is 24.3 Å². The molecule has 1 amide bonds. The molecule has 0 saturated heterocycles. The molecule has 0 aromatic heterocycles. The smallest absolute Gasteiger partial charge is 0.317 e. The zero-order valence-electron chi connectivity index (χ0n) is 16.8. The second-order valence-electron chi connectivity index (χ2n) is 8.34. The summed E-state index contributed by atoms with van der Waals surface area (Å²) < 4.78 is 5.32. The monoisotopic (exact) mass is 396 g/mol. The first kappa shape index (κ1) is 19.7. The first-order chi connectivity index (χ1) is 14.0. The minimum absolute atomic E-state index is 0.00995. The predicted molar refractivity (Wildman–Crippen MR) is 111 cm³/mol. The highest BCUT2D eigenvalue weighted by molar-refractivity contribution is 5.91. The van der Waals surface area contributed by atoms with Crippen molar-refractivity contribution in [3.63, 3.8) is 0 Å². The van der Waals surface area contributed by atoms with Crippen LogP contribution in [-0.4, -0.2) is 54.2 Å². The third kappa shape index (κ3) is 4.88. The fourth-order valence-electron chi connectivity index (χ4n) is 4.20. The van der Waals surface area contributed by atoms with Gasteiger partial charge in [0.2, 0.25) is 5.91 Å². The van der Waals surface area contributed by atoms with Crippen LogP contribution in [0.2, 0.25) is 0 Å². The average Bonchev–Trinajstić information content (AvgIpc) is 3.47. The standard InChI is InChI=1S/C23H28N2O4/c1-29-20-8-7-16-3-2-4-17(21(16)12-20)9-22(26)24-18-10-19(11-18)25(14-23(27)28)13-15-5-6-15/h2-4,7-8,12,15,18-19H,5-6,9-11,13-14H2,1H3,(H,24,26)(H,27,28). The summed E-state index contributed by atoms with van der Waals surface area (Å²) in [6, 6.07) is 12.3. The third-order valence-corrected chi connectivity index (χ3v) is 6.05. The number of carbonyl (C=O) groups excluding carboxylic acids is 1. The van der Waals surface area contributed by atoms with Gasteiger partial charge in [0.25, 0.3) is 0 Å². The van der Waals surface area contributed by atoms with Crippen molar-refractivity contribution in [2.24, 2.45) is 5.92 Å². The fraction of sp³-hybridized carbons (Fsp3) is 0.478. The van der Waals surface area contributed by atoms with Crippen LogP contribution in [0.4, 0.5) is 0 Å². The highest BCUT2D eigenvalue weighted by Gasteiger charge is 2.37. The molecule has 0 aliphatic heterocycles. The minimum atomic E-state index is -0.774. The van der Waals surface area contributed by atoms with Crippen LogP contribution in [0.25, 0.3) is 10.8 Å². The van der Waals surface area contributed by atoms with Gasteiger partial charge in [-0.15, -0.1) is 0 Å². The van der Waals surface area contributed by atoms with Gasteiger partial charge >= 0.3 is 5.97 Å². The molecular weight excluding hydrogens is 368 g/mol. The maximum Gasteiger partial charge on any atom is 0.317 e. The van der Waals surface area contributed by atoms with E-state index in [4.69, 9.17) is 9.84 Å². The van der Waals surface area contributed by atoms with E-state index in [-0.39, 0.29) is 24.5 Å². The predicted octanol–water partition coefficient (Wildman–Crippen LogP) is 2.83. The van der Waals surface area contributed by atoms with Gasteiger partial charge in [-0.3, -0.25) is 14.5 Å². The maximum atomic E-state index is 12.6. The summed E-state index contributed by atoms with van der Waals surface area (Å²) in [5.74, 6) is 0.674. The van der Waals surface area contributed by atoms with Crippen molar-refractivity contribution in [3.05, 3.63) is 42.0 Å². The number of amides is 1. The Kier molecular flexibility index (Phi) is 5.72. The number of aliphatic carboxylic acids is 1. The first-order valence-corrected chi connectivity index (χ1v) is 10.3. The highest BCUT2D eigenvalue weighted by Crippen LogP contribution is 2.34. The van der Waals surface area contributed by atoms with E-state index in [0.717, 1.165) is 41.5 Å². The molecule has 0 atom stereocenters. The maximum absolute atomic E-state index is 12.6. The van der Waals surface area contributed by atoms with Gasteiger partial charge in [0.15, 0.2) is 0 Å². The second-order valence-corrected chi connectivity index (χ2v) is 8.34. The van der Waals surface area contributed by atoms with E-state index in [0.29, 0.717) is 12.3 Å². The molecule has 2 aromatic rings. The lowest BCUT2D eigenvalue weighted by Crippen LogP contribution is -2.55. The Morgan fingerprint density at radius 3 is 2.69 bits per heavy atom. The lowest BCUT2D eigenvalue weighted by molar-refractivity contribution is -0.140. The number of methoxy groups -OCH3 is 1. The number of hydrogen-bond acceptors (Lipinski definition) is 4. The number of carboxylic acid groups (broad SMARTS) is 1. The lowest BCUT2D eigenvalue weighted by atomic mass is 9.85. The summed E-state index contributed by atoms with van der Waals surface area (Å²) >= 11 is 0. The average molecular weight is 396 g/mol. The molecule has 0 spiro atoms. The molecule has 29 heavy (non-hydrogen) atoms. The van der Waals surface area contributed by atoms with Crippen molar-refractivity contribution in [1.29, 1.82) is 0 Å². The number of rotatable bonds is 9. The van der Waals surface area contributed by atoms with Crippen molar-refractivity contribution in [1.82, 2.24) is 10.2 Å². The van der Waals surface area contributed by atoms with Gasteiger partial charge in [0, 0.05) is 18.6 Å². The molecule has 6 nitrogen and oxygen atoms in total. The molecule has 2 aliphatic rings. The van der Waals surface area contributed by atoms with Crippen LogP contribution in [0.3, 0.4) is 0 Å². The first-order valence-electron chi connectivity index (χ1n) is 10.3. The molecule has 0 bridgehead atoms. The van der Waals surface area contributed by atoms with Crippen molar-refractivity contribution >= 4 is 22.6 Å². The summed E-state index contributed by atoms with van der Waals surface area (Å²) in [5.41, 5.74) is 0.982. The van der Waals surface area contributed by atoms with Crippen LogP contribution in [0.15, 0.2) is 36.4 Å². The highest BCUT2D eigenvalue weighted by atomic mass is 16.5. The van der Waals surface area contributed by atoms with Crippen LogP contribution in [0.1, 0.15) is 31.2 Å². The van der Waals surface area contributed by atoms with E-state index in [9.17, 15) is 9.59 Å². The van der Waals surface area contributed by atoms with Gasteiger partial charge < -0.3 is 15.2 Å². The number of nitrogens with one attached hydrogen (secondary N) is 1. The summed E-state index contributed by atoms with van der Waals surface area (Å²) in [5, 5.41) is 14.4. The van der Waals surface area contributed by atoms with E-state index in [2.05, 4.69) is 10.2 Å². The molecule has 2 fully saturated rings. The zero-order chi connectivity index (χ0) is 20.4. The fourth-order valence-corrected chi connectivity index (χ4v) is 4.20. The summed E-state index contributed by atoms with van der Waals surface area (Å²) in [4.78, 5) is 25.8. The van der Waals surface area contributed by atoms with Crippen molar-refractivity contribution in [2.75, 3.05) is 20.2 Å². The van der Waals surface area contributed by atoms with Crippen molar-refractivity contribution in [3.8, 4) is 5.75 Å². The van der Waals surface area contributed by atoms with Crippen LogP contribution in [0.5, 0.6) is 5.75 Å². The van der Waals surface area contributed by atoms with Crippen molar-refractivity contribution in [2.45, 2.75) is 44.2 Å². The van der Waals surface area contributed by atoms with E-state index < -0.39 is 5.97 Å². The molecule has 2 N–H and O–H groups in total. The molecule has 2 aromatic carbocycles. The second kappa shape index (κ2) is 8.41. The minimum Gasteiger partial charge on any atom is -0.497 e. The van der Waals surface area contributed by atoms with Gasteiger partial charge in [-0.05, 0) is 60.1 Å². The van der Waals surface area contributed by atoms with Crippen molar-refractivity contribution < 1.29 is 19.4 Å². The number of hydrogen-bond donors (Lipinski definition) is 2. The van der Waals surface area contributed by atoms with E-state index in [1.54, 1.807) is 7.11 Å². The Hall–Kier alpha value is -2.60. The van der Waals surface area contributed by atoms with Gasteiger partial charge in [0.05, 0.1) is 20.1 Å².